The summed E-state index contributed by atoms with van der Waals surface area (Å²) in [5.41, 5.74) is 0. The number of hydrogen-bond acceptors (Lipinski definition) is 4. The number of fused-ring (bicyclic) bond motifs is 2. The summed E-state index contributed by atoms with van der Waals surface area (Å²) in [6.45, 7) is 0. The van der Waals surface area contributed by atoms with Crippen LogP contribution in [-0.4, -0.2) is 22.3 Å². The summed E-state index contributed by atoms with van der Waals surface area (Å²) in [6, 6.07) is 0.600. The zero-order chi connectivity index (χ0) is 11.3. The molecule has 2 aliphatic heterocycles. The van der Waals surface area contributed by atoms with E-state index in [1.54, 1.807) is 0 Å². The quantitative estimate of drug-likeness (QED) is 0.802. The summed E-state index contributed by atoms with van der Waals surface area (Å²) in [6.07, 6.45) is -1.69. The van der Waals surface area contributed by atoms with Crippen molar-refractivity contribution in [1.82, 2.24) is 15.5 Å². The minimum atomic E-state index is -4.55. The lowest BCUT2D eigenvalue weighted by Gasteiger charge is -2.15. The van der Waals surface area contributed by atoms with Crippen molar-refractivity contribution in [3.8, 4) is 0 Å². The van der Waals surface area contributed by atoms with Gasteiger partial charge in [-0.3, -0.25) is 0 Å². The first-order valence-corrected chi connectivity index (χ1v) is 5.20. The maximum absolute atomic E-state index is 12.3. The van der Waals surface area contributed by atoms with Gasteiger partial charge in [0.2, 0.25) is 5.89 Å². The molecule has 3 rings (SSSR count). The van der Waals surface area contributed by atoms with Crippen molar-refractivity contribution in [3.05, 3.63) is 11.8 Å². The molecule has 16 heavy (non-hydrogen) atoms. The summed E-state index contributed by atoms with van der Waals surface area (Å²) in [5, 5.41) is 9.87. The van der Waals surface area contributed by atoms with E-state index < -0.39 is 12.1 Å². The molecule has 0 spiro atoms. The Bertz CT molecular complexity index is 403. The Hall–Kier alpha value is -1.11. The van der Waals surface area contributed by atoms with Crippen LogP contribution in [0.5, 0.6) is 0 Å². The van der Waals surface area contributed by atoms with Gasteiger partial charge in [0.05, 0.1) is 5.92 Å². The van der Waals surface area contributed by atoms with Gasteiger partial charge in [-0.2, -0.15) is 13.2 Å². The molecule has 1 aromatic heterocycles. The Morgan fingerprint density at radius 2 is 2.06 bits per heavy atom. The van der Waals surface area contributed by atoms with Gasteiger partial charge in [-0.25, -0.2) is 0 Å². The van der Waals surface area contributed by atoms with Crippen molar-refractivity contribution in [2.24, 2.45) is 0 Å². The molecule has 3 heterocycles. The fourth-order valence-electron chi connectivity index (χ4n) is 2.60. The zero-order valence-corrected chi connectivity index (χ0v) is 8.29. The fourth-order valence-corrected chi connectivity index (χ4v) is 2.60. The lowest BCUT2D eigenvalue weighted by Crippen LogP contribution is -2.21. The van der Waals surface area contributed by atoms with Crippen LogP contribution in [0.2, 0.25) is 0 Å². The van der Waals surface area contributed by atoms with E-state index in [0.29, 0.717) is 6.04 Å². The Morgan fingerprint density at radius 1 is 1.25 bits per heavy atom. The summed E-state index contributed by atoms with van der Waals surface area (Å²) in [4.78, 5) is 0. The molecule has 7 heteroatoms. The van der Waals surface area contributed by atoms with Gasteiger partial charge in [-0.05, 0) is 19.3 Å². The Morgan fingerprint density at radius 3 is 2.56 bits per heavy atom. The maximum Gasteiger partial charge on any atom is 0.470 e. The third-order valence-corrected chi connectivity index (χ3v) is 3.30. The topological polar surface area (TPSA) is 51.0 Å². The van der Waals surface area contributed by atoms with Crippen molar-refractivity contribution >= 4 is 0 Å². The predicted octanol–water partition coefficient (Wildman–Crippen LogP) is 1.70. The van der Waals surface area contributed by atoms with E-state index in [-0.39, 0.29) is 17.9 Å². The highest BCUT2D eigenvalue weighted by Crippen LogP contribution is 2.40. The van der Waals surface area contributed by atoms with E-state index in [2.05, 4.69) is 15.5 Å². The minimum Gasteiger partial charge on any atom is -0.417 e. The molecule has 0 radical (unpaired) electrons. The van der Waals surface area contributed by atoms with Gasteiger partial charge in [-0.15, -0.1) is 10.2 Å². The summed E-state index contributed by atoms with van der Waals surface area (Å²) >= 11 is 0. The Balaban J connectivity index is 1.83. The standard InChI is InChI=1S/C9H10F3N3O/c10-9(11,12)8-15-14-7(16-8)5-3-4-1-2-6(5)13-4/h4-6,13H,1-3H2. The highest BCUT2D eigenvalue weighted by atomic mass is 19.4. The molecule has 3 unspecified atom stereocenters. The van der Waals surface area contributed by atoms with Gasteiger partial charge < -0.3 is 9.73 Å². The molecule has 2 bridgehead atoms. The molecule has 0 aliphatic carbocycles. The molecule has 0 aromatic carbocycles. The van der Waals surface area contributed by atoms with E-state index >= 15 is 0 Å². The van der Waals surface area contributed by atoms with Crippen molar-refractivity contribution in [2.45, 2.75) is 43.4 Å². The number of alkyl halides is 3. The highest BCUT2D eigenvalue weighted by molar-refractivity contribution is 5.09. The zero-order valence-electron chi connectivity index (χ0n) is 8.29. The second kappa shape index (κ2) is 3.19. The molecule has 88 valence electrons. The first-order chi connectivity index (χ1) is 7.54. The molecule has 4 nitrogen and oxygen atoms in total. The van der Waals surface area contributed by atoms with Gasteiger partial charge in [-0.1, -0.05) is 0 Å². The first kappa shape index (κ1) is 10.1. The van der Waals surface area contributed by atoms with Crippen LogP contribution >= 0.6 is 0 Å². The highest BCUT2D eigenvalue weighted by Gasteiger charge is 2.44. The van der Waals surface area contributed by atoms with Gasteiger partial charge in [0.25, 0.3) is 0 Å². The molecule has 1 N–H and O–H groups in total. The van der Waals surface area contributed by atoms with Gasteiger partial charge >= 0.3 is 12.1 Å². The van der Waals surface area contributed by atoms with Crippen LogP contribution in [0.15, 0.2) is 4.42 Å². The molecule has 2 saturated heterocycles. The average Bonchev–Trinajstić information content (AvgIpc) is 2.92. The lowest BCUT2D eigenvalue weighted by molar-refractivity contribution is -0.157. The second-order valence-corrected chi connectivity index (χ2v) is 4.33. The third-order valence-electron chi connectivity index (χ3n) is 3.30. The SMILES string of the molecule is FC(F)(F)c1nnc(C2CC3CCC2N3)o1. The fraction of sp³-hybridized carbons (Fsp3) is 0.778. The molecule has 2 aliphatic rings. The van der Waals surface area contributed by atoms with E-state index in [1.807, 2.05) is 0 Å². The van der Waals surface area contributed by atoms with E-state index in [1.165, 1.54) is 0 Å². The second-order valence-electron chi connectivity index (χ2n) is 4.33. The third kappa shape index (κ3) is 1.50. The number of nitrogens with one attached hydrogen (secondary N) is 1. The van der Waals surface area contributed by atoms with Crippen LogP contribution < -0.4 is 5.32 Å². The number of hydrogen-bond donors (Lipinski definition) is 1. The maximum atomic E-state index is 12.3. The molecule has 0 amide bonds. The van der Waals surface area contributed by atoms with Crippen molar-refractivity contribution < 1.29 is 17.6 Å². The minimum absolute atomic E-state index is 0.0534. The van der Waals surface area contributed by atoms with Crippen LogP contribution in [0, 0.1) is 0 Å². The van der Waals surface area contributed by atoms with Crippen LogP contribution in [-0.2, 0) is 6.18 Å². The van der Waals surface area contributed by atoms with Crippen molar-refractivity contribution in [2.75, 3.05) is 0 Å². The number of halogens is 3. The van der Waals surface area contributed by atoms with Crippen LogP contribution in [0.1, 0.15) is 37.0 Å². The summed E-state index contributed by atoms with van der Waals surface area (Å²) < 4.78 is 41.5. The van der Waals surface area contributed by atoms with E-state index in [9.17, 15) is 13.2 Å². The van der Waals surface area contributed by atoms with Crippen LogP contribution in [0.4, 0.5) is 13.2 Å². The number of aromatic nitrogens is 2. The molecular formula is C9H10F3N3O. The molecular weight excluding hydrogens is 223 g/mol. The monoisotopic (exact) mass is 233 g/mol. The van der Waals surface area contributed by atoms with Gasteiger partial charge in [0.15, 0.2) is 0 Å². The van der Waals surface area contributed by atoms with Gasteiger partial charge in [0.1, 0.15) is 0 Å². The largest absolute Gasteiger partial charge is 0.470 e. The van der Waals surface area contributed by atoms with Crippen molar-refractivity contribution in [3.63, 3.8) is 0 Å². The summed E-state index contributed by atoms with van der Waals surface area (Å²) in [7, 11) is 0. The Labute approximate surface area is 89.2 Å². The van der Waals surface area contributed by atoms with E-state index in [0.717, 1.165) is 19.3 Å². The van der Waals surface area contributed by atoms with Gasteiger partial charge in [0, 0.05) is 12.1 Å². The summed E-state index contributed by atoms with van der Waals surface area (Å²) in [5.74, 6) is -1.18. The molecule has 0 saturated carbocycles. The number of nitrogens with zero attached hydrogens (tertiary/aromatic N) is 2. The lowest BCUT2D eigenvalue weighted by atomic mass is 9.89. The smallest absolute Gasteiger partial charge is 0.417 e. The molecule has 1 aromatic rings. The normalized spacial score (nSPS) is 33.6. The van der Waals surface area contributed by atoms with Crippen LogP contribution in [0.25, 0.3) is 0 Å². The first-order valence-electron chi connectivity index (χ1n) is 5.20. The Kier molecular flexibility index (Phi) is 2.01. The van der Waals surface area contributed by atoms with E-state index in [4.69, 9.17) is 4.42 Å². The molecule has 2 fully saturated rings. The van der Waals surface area contributed by atoms with Crippen molar-refractivity contribution in [1.29, 1.82) is 0 Å². The predicted molar refractivity (Wildman–Crippen MR) is 46.6 cm³/mol. The average molecular weight is 233 g/mol. The van der Waals surface area contributed by atoms with Crippen LogP contribution in [0.3, 0.4) is 0 Å². The number of rotatable bonds is 1. The molecule has 3 atom stereocenters.